The highest BCUT2D eigenvalue weighted by Crippen LogP contribution is 2.40. The first-order chi connectivity index (χ1) is 5.61. The molecule has 0 aromatic carbocycles. The van der Waals surface area contributed by atoms with Gasteiger partial charge in [-0.25, -0.2) is 4.79 Å². The van der Waals surface area contributed by atoms with Crippen molar-refractivity contribution in [2.45, 2.75) is 29.6 Å². The number of rotatable bonds is 0. The molecule has 0 aromatic heterocycles. The van der Waals surface area contributed by atoms with Crippen LogP contribution in [-0.4, -0.2) is 39.3 Å². The van der Waals surface area contributed by atoms with Crippen LogP contribution in [0.3, 0.4) is 0 Å². The van der Waals surface area contributed by atoms with Crippen LogP contribution in [0, 0.1) is 5.92 Å². The third kappa shape index (κ3) is 1.000. The van der Waals surface area contributed by atoms with Crippen LogP contribution < -0.4 is 0 Å². The number of ether oxygens (including phenoxy) is 1. The lowest BCUT2D eigenvalue weighted by atomic mass is 10.0. The van der Waals surface area contributed by atoms with Crippen molar-refractivity contribution in [2.75, 3.05) is 0 Å². The Morgan fingerprint density at radius 1 is 1.50 bits per heavy atom. The number of aliphatic hydroxyl groups excluding tert-OH is 2. The number of esters is 1. The number of aliphatic hydroxyl groups is 2. The topological polar surface area (TPSA) is 66.8 Å². The summed E-state index contributed by atoms with van der Waals surface area (Å²) in [4.78, 5) is 10.6. The first-order valence-corrected chi connectivity index (χ1v) is 4.73. The Morgan fingerprint density at radius 2 is 2.17 bits per heavy atom. The maximum atomic E-state index is 10.9. The predicted octanol–water partition coefficient (Wildman–Crippen LogP) is -0.583. The molecule has 1 saturated heterocycles. The van der Waals surface area contributed by atoms with Gasteiger partial charge < -0.3 is 14.9 Å². The maximum Gasteiger partial charge on any atom is 0.335 e. The molecule has 2 fully saturated rings. The van der Waals surface area contributed by atoms with E-state index in [1.54, 1.807) is 0 Å². The molecule has 5 heteroatoms. The van der Waals surface area contributed by atoms with Gasteiger partial charge in [0, 0.05) is 5.92 Å². The second-order valence-electron chi connectivity index (χ2n) is 3.26. The highest BCUT2D eigenvalue weighted by Gasteiger charge is 2.54. The summed E-state index contributed by atoms with van der Waals surface area (Å²) >= 11 is 3.23. The van der Waals surface area contributed by atoms with Crippen molar-refractivity contribution in [3.63, 3.8) is 0 Å². The van der Waals surface area contributed by atoms with Crippen molar-refractivity contribution in [1.82, 2.24) is 0 Å². The molecule has 1 aliphatic heterocycles. The third-order valence-electron chi connectivity index (χ3n) is 2.52. The van der Waals surface area contributed by atoms with Gasteiger partial charge in [0.1, 0.15) is 6.10 Å². The molecule has 68 valence electrons. The Bertz CT molecular complexity index is 219. The fourth-order valence-electron chi connectivity index (χ4n) is 1.84. The van der Waals surface area contributed by atoms with Crippen LogP contribution in [0.5, 0.6) is 0 Å². The van der Waals surface area contributed by atoms with Gasteiger partial charge in [0.05, 0.1) is 10.9 Å². The Labute approximate surface area is 77.6 Å². The lowest BCUT2D eigenvalue weighted by molar-refractivity contribution is -0.147. The molecule has 1 saturated carbocycles. The third-order valence-corrected chi connectivity index (χ3v) is 3.65. The zero-order valence-corrected chi connectivity index (χ0v) is 7.77. The van der Waals surface area contributed by atoms with Gasteiger partial charge in [0.2, 0.25) is 0 Å². The van der Waals surface area contributed by atoms with Crippen LogP contribution in [0.2, 0.25) is 0 Å². The fraction of sp³-hybridized carbons (Fsp3) is 0.857. The van der Waals surface area contributed by atoms with Gasteiger partial charge >= 0.3 is 5.97 Å². The molecule has 0 unspecified atom stereocenters. The van der Waals surface area contributed by atoms with Gasteiger partial charge in [-0.1, -0.05) is 15.9 Å². The van der Waals surface area contributed by atoms with E-state index in [0.29, 0.717) is 6.42 Å². The number of hydrogen-bond donors (Lipinski definition) is 2. The van der Waals surface area contributed by atoms with Crippen LogP contribution >= 0.6 is 15.9 Å². The standard InChI is InChI=1S/C7H9BrO4/c8-4-3(9)1-2-5(10)7(11)12-6(2)4/h2-6,9-10H,1H2/t2-,3-,4+,5-,6+/m0/s1. The highest BCUT2D eigenvalue weighted by atomic mass is 79.9. The summed E-state index contributed by atoms with van der Waals surface area (Å²) < 4.78 is 4.88. The lowest BCUT2D eigenvalue weighted by Gasteiger charge is -2.12. The number of alkyl halides is 1. The zero-order chi connectivity index (χ0) is 8.88. The SMILES string of the molecule is O=C1O[C@H]2[C@H](Br)[C@@H](O)C[C@H]2[C@@H]1O. The molecule has 0 radical (unpaired) electrons. The normalized spacial score (nSPS) is 52.2. The Kier molecular flexibility index (Phi) is 1.89. The summed E-state index contributed by atoms with van der Waals surface area (Å²) in [6.45, 7) is 0. The minimum Gasteiger partial charge on any atom is -0.459 e. The Balaban J connectivity index is 2.19. The summed E-state index contributed by atoms with van der Waals surface area (Å²) in [5, 5.41) is 18.7. The van der Waals surface area contributed by atoms with E-state index in [1.165, 1.54) is 0 Å². The van der Waals surface area contributed by atoms with Crippen molar-refractivity contribution in [3.05, 3.63) is 0 Å². The van der Waals surface area contributed by atoms with E-state index in [0.717, 1.165) is 0 Å². The van der Waals surface area contributed by atoms with E-state index in [9.17, 15) is 15.0 Å². The van der Waals surface area contributed by atoms with Crippen molar-refractivity contribution in [2.24, 2.45) is 5.92 Å². The predicted molar refractivity (Wildman–Crippen MR) is 42.7 cm³/mol. The Morgan fingerprint density at radius 3 is 2.75 bits per heavy atom. The molecule has 0 bridgehead atoms. The van der Waals surface area contributed by atoms with Crippen molar-refractivity contribution in [3.8, 4) is 0 Å². The smallest absolute Gasteiger partial charge is 0.335 e. The van der Waals surface area contributed by atoms with E-state index in [-0.39, 0.29) is 16.8 Å². The first kappa shape index (κ1) is 8.47. The van der Waals surface area contributed by atoms with Gasteiger partial charge in [-0.05, 0) is 6.42 Å². The molecular weight excluding hydrogens is 228 g/mol. The first-order valence-electron chi connectivity index (χ1n) is 3.82. The number of carbonyl (C=O) groups excluding carboxylic acids is 1. The monoisotopic (exact) mass is 236 g/mol. The quantitative estimate of drug-likeness (QED) is 0.437. The van der Waals surface area contributed by atoms with Crippen LogP contribution in [0.1, 0.15) is 6.42 Å². The van der Waals surface area contributed by atoms with Gasteiger partial charge in [-0.3, -0.25) is 0 Å². The summed E-state index contributed by atoms with van der Waals surface area (Å²) in [7, 11) is 0. The van der Waals surface area contributed by atoms with E-state index in [2.05, 4.69) is 15.9 Å². The number of halogens is 1. The molecule has 5 atom stereocenters. The zero-order valence-electron chi connectivity index (χ0n) is 6.18. The molecule has 1 aliphatic carbocycles. The summed E-state index contributed by atoms with van der Waals surface area (Å²) in [6, 6.07) is 0. The number of fused-ring (bicyclic) bond motifs is 1. The van der Waals surface area contributed by atoms with Gasteiger partial charge in [-0.15, -0.1) is 0 Å². The largest absolute Gasteiger partial charge is 0.459 e. The summed E-state index contributed by atoms with van der Waals surface area (Å²) in [5.41, 5.74) is 0. The second kappa shape index (κ2) is 2.68. The molecule has 4 nitrogen and oxygen atoms in total. The van der Waals surface area contributed by atoms with E-state index < -0.39 is 18.2 Å². The van der Waals surface area contributed by atoms with Crippen molar-refractivity contribution in [1.29, 1.82) is 0 Å². The molecule has 2 aliphatic rings. The minimum absolute atomic E-state index is 0.233. The average Bonchev–Trinajstić information content (AvgIpc) is 2.43. The van der Waals surface area contributed by atoms with E-state index in [1.807, 2.05) is 0 Å². The van der Waals surface area contributed by atoms with E-state index in [4.69, 9.17) is 4.74 Å². The molecule has 2 rings (SSSR count). The number of carbonyl (C=O) groups is 1. The second-order valence-corrected chi connectivity index (χ2v) is 4.32. The molecule has 12 heavy (non-hydrogen) atoms. The van der Waals surface area contributed by atoms with Crippen LogP contribution in [0.25, 0.3) is 0 Å². The van der Waals surface area contributed by atoms with Gasteiger partial charge in [-0.2, -0.15) is 0 Å². The van der Waals surface area contributed by atoms with Gasteiger partial charge in [0.25, 0.3) is 0 Å². The molecule has 2 N–H and O–H groups in total. The highest BCUT2D eigenvalue weighted by molar-refractivity contribution is 9.09. The summed E-state index contributed by atoms with van der Waals surface area (Å²) in [6.07, 6.45) is -1.51. The lowest BCUT2D eigenvalue weighted by Crippen LogP contribution is -2.25. The minimum atomic E-state index is -1.05. The van der Waals surface area contributed by atoms with Crippen LogP contribution in [-0.2, 0) is 9.53 Å². The molecule has 1 heterocycles. The molecule has 0 spiro atoms. The number of hydrogen-bond acceptors (Lipinski definition) is 4. The molecule has 0 aromatic rings. The Hall–Kier alpha value is -0.130. The summed E-state index contributed by atoms with van der Waals surface area (Å²) in [5.74, 6) is -0.807. The van der Waals surface area contributed by atoms with Crippen molar-refractivity contribution < 1.29 is 19.7 Å². The van der Waals surface area contributed by atoms with Crippen LogP contribution in [0.4, 0.5) is 0 Å². The van der Waals surface area contributed by atoms with Crippen LogP contribution in [0.15, 0.2) is 0 Å². The molecule has 0 amide bonds. The fourth-order valence-corrected chi connectivity index (χ4v) is 2.55. The average molecular weight is 237 g/mol. The van der Waals surface area contributed by atoms with E-state index >= 15 is 0 Å². The van der Waals surface area contributed by atoms with Gasteiger partial charge in [0.15, 0.2) is 6.10 Å². The molecular formula is C7H9BrO4. The van der Waals surface area contributed by atoms with Crippen molar-refractivity contribution >= 4 is 21.9 Å². The maximum absolute atomic E-state index is 10.9.